The maximum atomic E-state index is 14.1. The summed E-state index contributed by atoms with van der Waals surface area (Å²) < 4.78 is 47.8. The van der Waals surface area contributed by atoms with Crippen molar-refractivity contribution >= 4 is 39.1 Å². The van der Waals surface area contributed by atoms with Gasteiger partial charge < -0.3 is 15.0 Å². The smallest absolute Gasteiger partial charge is 0.264 e. The summed E-state index contributed by atoms with van der Waals surface area (Å²) in [5.41, 5.74) is 0.928. The zero-order valence-electron chi connectivity index (χ0n) is 24.2. The molecule has 3 aromatic rings. The number of nitrogens with one attached hydrogen (secondary N) is 1. The van der Waals surface area contributed by atoms with Crippen LogP contribution in [0.2, 0.25) is 5.02 Å². The second-order valence-electron chi connectivity index (χ2n) is 10.1. The Kier molecular flexibility index (Phi) is 11.8. The highest BCUT2D eigenvalue weighted by molar-refractivity contribution is 7.92. The lowest BCUT2D eigenvalue weighted by Gasteiger charge is -2.33. The van der Waals surface area contributed by atoms with E-state index >= 15 is 0 Å². The average molecular weight is 618 g/mol. The van der Waals surface area contributed by atoms with Crippen LogP contribution in [-0.2, 0) is 26.2 Å². The molecule has 8 nitrogen and oxygen atoms in total. The highest BCUT2D eigenvalue weighted by atomic mass is 35.5. The Hall–Kier alpha value is -3.63. The third-order valence-electron chi connectivity index (χ3n) is 6.45. The highest BCUT2D eigenvalue weighted by Gasteiger charge is 2.33. The van der Waals surface area contributed by atoms with Crippen LogP contribution in [0.1, 0.15) is 39.7 Å². The number of ether oxygens (including phenoxy) is 1. The lowest BCUT2D eigenvalue weighted by atomic mass is 10.1. The molecule has 0 heterocycles. The number of rotatable bonds is 14. The summed E-state index contributed by atoms with van der Waals surface area (Å²) in [5, 5.41) is 3.41. The summed E-state index contributed by atoms with van der Waals surface area (Å²) in [5.74, 6) is -0.782. The molecule has 0 saturated heterocycles. The first-order valence-electron chi connectivity index (χ1n) is 13.8. The molecule has 0 radical (unpaired) electrons. The second kappa shape index (κ2) is 15.0. The summed E-state index contributed by atoms with van der Waals surface area (Å²) in [6, 6.07) is 16.7. The van der Waals surface area contributed by atoms with Crippen molar-refractivity contribution in [2.75, 3.05) is 24.0 Å². The standard InChI is InChI=1S/C31H37ClFN3O5S/c1-5-29(31(38)34-19-22(3)4)35(20-23-7-9-24(32)10-8-23)30(37)21-36(26-13-15-27(16-14-26)41-6-2)42(39,40)28-17-11-25(33)12-18-28/h7-18,22,29H,5-6,19-21H2,1-4H3,(H,34,38)/t29-/m1/s1. The minimum absolute atomic E-state index is 0.0529. The molecule has 0 bridgehead atoms. The van der Waals surface area contributed by atoms with E-state index in [4.69, 9.17) is 16.3 Å². The van der Waals surface area contributed by atoms with E-state index < -0.39 is 34.3 Å². The van der Waals surface area contributed by atoms with Crippen LogP contribution >= 0.6 is 11.6 Å². The summed E-state index contributed by atoms with van der Waals surface area (Å²) in [4.78, 5) is 28.5. The van der Waals surface area contributed by atoms with E-state index in [2.05, 4.69) is 5.32 Å². The van der Waals surface area contributed by atoms with Crippen molar-refractivity contribution in [3.8, 4) is 5.75 Å². The Bertz CT molecular complexity index is 1430. The third-order valence-corrected chi connectivity index (χ3v) is 8.49. The fourth-order valence-electron chi connectivity index (χ4n) is 4.27. The molecule has 11 heteroatoms. The number of hydrogen-bond donors (Lipinski definition) is 1. The minimum atomic E-state index is -4.32. The van der Waals surface area contributed by atoms with Gasteiger partial charge in [-0.1, -0.05) is 44.5 Å². The van der Waals surface area contributed by atoms with Crippen molar-refractivity contribution in [2.45, 2.75) is 51.6 Å². The summed E-state index contributed by atoms with van der Waals surface area (Å²) in [6.07, 6.45) is 0.303. The van der Waals surface area contributed by atoms with Gasteiger partial charge in [0.15, 0.2) is 0 Å². The average Bonchev–Trinajstić information content (AvgIpc) is 2.96. The van der Waals surface area contributed by atoms with Gasteiger partial charge in [-0.25, -0.2) is 12.8 Å². The van der Waals surface area contributed by atoms with Crippen LogP contribution in [0, 0.1) is 11.7 Å². The van der Waals surface area contributed by atoms with Gasteiger partial charge in [0, 0.05) is 18.1 Å². The number of halogens is 2. The summed E-state index contributed by atoms with van der Waals surface area (Å²) >= 11 is 6.06. The topological polar surface area (TPSA) is 96.0 Å². The number of carbonyl (C=O) groups is 2. The third kappa shape index (κ3) is 8.69. The zero-order valence-corrected chi connectivity index (χ0v) is 25.8. The largest absolute Gasteiger partial charge is 0.494 e. The molecule has 1 atom stereocenters. The Balaban J connectivity index is 2.04. The van der Waals surface area contributed by atoms with Gasteiger partial charge in [0.2, 0.25) is 11.8 Å². The van der Waals surface area contributed by atoms with E-state index in [1.54, 1.807) is 43.3 Å². The fourth-order valence-corrected chi connectivity index (χ4v) is 5.81. The first-order valence-corrected chi connectivity index (χ1v) is 15.6. The molecule has 0 fully saturated rings. The Morgan fingerprint density at radius 2 is 1.57 bits per heavy atom. The Morgan fingerprint density at radius 1 is 0.952 bits per heavy atom. The lowest BCUT2D eigenvalue weighted by molar-refractivity contribution is -0.140. The quantitative estimate of drug-likeness (QED) is 0.252. The van der Waals surface area contributed by atoms with Gasteiger partial charge in [-0.15, -0.1) is 0 Å². The Labute approximate surface area is 252 Å². The molecule has 3 rings (SSSR count). The zero-order chi connectivity index (χ0) is 30.9. The van der Waals surface area contributed by atoms with Gasteiger partial charge in [-0.05, 0) is 85.5 Å². The number of anilines is 1. The Morgan fingerprint density at radius 3 is 2.12 bits per heavy atom. The number of nitrogens with zero attached hydrogens (tertiary/aromatic N) is 2. The number of hydrogen-bond acceptors (Lipinski definition) is 5. The summed E-state index contributed by atoms with van der Waals surface area (Å²) in [6.45, 7) is 7.85. The first kappa shape index (κ1) is 32.9. The first-order chi connectivity index (χ1) is 20.0. The van der Waals surface area contributed by atoms with Crippen LogP contribution in [-0.4, -0.2) is 50.9 Å². The predicted octanol–water partition coefficient (Wildman–Crippen LogP) is 5.65. The van der Waals surface area contributed by atoms with Crippen LogP contribution in [0.5, 0.6) is 5.75 Å². The maximum absolute atomic E-state index is 14.1. The van der Waals surface area contributed by atoms with Crippen molar-refractivity contribution in [1.82, 2.24) is 10.2 Å². The van der Waals surface area contributed by atoms with E-state index in [-0.39, 0.29) is 29.0 Å². The van der Waals surface area contributed by atoms with Gasteiger partial charge in [0.25, 0.3) is 10.0 Å². The number of amides is 2. The molecule has 1 N–H and O–H groups in total. The van der Waals surface area contributed by atoms with Gasteiger partial charge in [-0.3, -0.25) is 13.9 Å². The molecule has 0 unspecified atom stereocenters. The number of carbonyl (C=O) groups excluding carboxylic acids is 2. The lowest BCUT2D eigenvalue weighted by Crippen LogP contribution is -2.52. The molecular weight excluding hydrogens is 581 g/mol. The van der Waals surface area contributed by atoms with Gasteiger partial charge in [0.05, 0.1) is 17.2 Å². The highest BCUT2D eigenvalue weighted by Crippen LogP contribution is 2.27. The molecule has 226 valence electrons. The molecule has 0 saturated carbocycles. The van der Waals surface area contributed by atoms with Crippen LogP contribution < -0.4 is 14.4 Å². The summed E-state index contributed by atoms with van der Waals surface area (Å²) in [7, 11) is -4.32. The molecule has 3 aromatic carbocycles. The van der Waals surface area contributed by atoms with Crippen molar-refractivity contribution in [2.24, 2.45) is 5.92 Å². The molecule has 0 aromatic heterocycles. The van der Waals surface area contributed by atoms with Crippen LogP contribution in [0.3, 0.4) is 0 Å². The molecule has 0 spiro atoms. The van der Waals surface area contributed by atoms with E-state index in [0.717, 1.165) is 34.1 Å². The van der Waals surface area contributed by atoms with E-state index in [0.29, 0.717) is 30.3 Å². The molecule has 0 aliphatic heterocycles. The van der Waals surface area contributed by atoms with E-state index in [1.807, 2.05) is 20.8 Å². The SMILES string of the molecule is CCOc1ccc(N(CC(=O)N(Cc2ccc(Cl)cc2)[C@H](CC)C(=O)NCC(C)C)S(=O)(=O)c2ccc(F)cc2)cc1. The molecule has 2 amide bonds. The van der Waals surface area contributed by atoms with Gasteiger partial charge in [0.1, 0.15) is 24.2 Å². The number of sulfonamides is 1. The second-order valence-corrected chi connectivity index (χ2v) is 12.4. The van der Waals surface area contributed by atoms with Crippen molar-refractivity contribution in [3.63, 3.8) is 0 Å². The molecule has 0 aliphatic rings. The predicted molar refractivity (Wildman–Crippen MR) is 162 cm³/mol. The molecule has 0 aliphatic carbocycles. The minimum Gasteiger partial charge on any atom is -0.494 e. The van der Waals surface area contributed by atoms with Crippen molar-refractivity contribution < 1.29 is 27.1 Å². The van der Waals surface area contributed by atoms with E-state index in [9.17, 15) is 22.4 Å². The fraction of sp³-hybridized carbons (Fsp3) is 0.355. The van der Waals surface area contributed by atoms with Gasteiger partial charge in [-0.2, -0.15) is 0 Å². The van der Waals surface area contributed by atoms with Crippen LogP contribution in [0.25, 0.3) is 0 Å². The van der Waals surface area contributed by atoms with Crippen LogP contribution in [0.4, 0.5) is 10.1 Å². The number of benzene rings is 3. The molecular formula is C31H37ClFN3O5S. The van der Waals surface area contributed by atoms with E-state index in [1.165, 1.54) is 17.0 Å². The van der Waals surface area contributed by atoms with Crippen LogP contribution in [0.15, 0.2) is 77.7 Å². The maximum Gasteiger partial charge on any atom is 0.264 e. The normalized spacial score (nSPS) is 12.1. The monoisotopic (exact) mass is 617 g/mol. The molecule has 42 heavy (non-hydrogen) atoms. The van der Waals surface area contributed by atoms with Crippen molar-refractivity contribution in [3.05, 3.63) is 89.2 Å². The van der Waals surface area contributed by atoms with Gasteiger partial charge >= 0.3 is 0 Å². The van der Waals surface area contributed by atoms with Crippen molar-refractivity contribution in [1.29, 1.82) is 0 Å².